The number of oxime groups is 1. The lowest BCUT2D eigenvalue weighted by Crippen LogP contribution is -2.36. The topological polar surface area (TPSA) is 133 Å². The summed E-state index contributed by atoms with van der Waals surface area (Å²) in [5.41, 5.74) is 1.08. The normalized spacial score (nSPS) is 21.3. The largest absolute Gasteiger partial charge is 0.386 e. The van der Waals surface area contributed by atoms with Gasteiger partial charge in [-0.2, -0.15) is 11.8 Å². The Morgan fingerprint density at radius 2 is 1.49 bits per heavy atom. The molecule has 0 aliphatic carbocycles. The molecule has 43 heavy (non-hydrogen) atoms. The molecule has 11 heteroatoms. The van der Waals surface area contributed by atoms with Crippen molar-refractivity contribution >= 4 is 35.2 Å². The highest BCUT2D eigenvalue weighted by Crippen LogP contribution is 2.33. The van der Waals surface area contributed by atoms with Gasteiger partial charge >= 0.3 is 0 Å². The van der Waals surface area contributed by atoms with Crippen LogP contribution in [-0.2, 0) is 19.2 Å². The molecule has 0 spiro atoms. The summed E-state index contributed by atoms with van der Waals surface area (Å²) in [6.45, 7) is 17.3. The molecule has 2 rings (SSSR count). The van der Waals surface area contributed by atoms with Gasteiger partial charge in [0.05, 0.1) is 5.71 Å². The Balaban J connectivity index is 1.44. The Hall–Kier alpha value is -1.85. The molecule has 2 fully saturated rings. The summed E-state index contributed by atoms with van der Waals surface area (Å²) in [4.78, 5) is 41.8. The third-order valence-electron chi connectivity index (χ3n) is 8.23. The van der Waals surface area contributed by atoms with Crippen molar-refractivity contribution in [1.29, 1.82) is 0 Å². The van der Waals surface area contributed by atoms with E-state index in [2.05, 4.69) is 80.2 Å². The fourth-order valence-corrected chi connectivity index (χ4v) is 6.89. The van der Waals surface area contributed by atoms with E-state index in [0.717, 1.165) is 50.9 Å². The van der Waals surface area contributed by atoms with Crippen LogP contribution in [0.2, 0.25) is 0 Å². The summed E-state index contributed by atoms with van der Waals surface area (Å²) in [6.07, 6.45) is 7.54. The van der Waals surface area contributed by atoms with Gasteiger partial charge in [0, 0.05) is 68.1 Å². The molecule has 5 N–H and O–H groups in total. The van der Waals surface area contributed by atoms with Crippen molar-refractivity contribution < 1.29 is 19.2 Å². The molecule has 0 aromatic heterocycles. The zero-order valence-electron chi connectivity index (χ0n) is 27.9. The zero-order chi connectivity index (χ0) is 31.9. The van der Waals surface area contributed by atoms with Crippen LogP contribution in [0.5, 0.6) is 0 Å². The van der Waals surface area contributed by atoms with E-state index < -0.39 is 0 Å². The van der Waals surface area contributed by atoms with Gasteiger partial charge in [-0.3, -0.25) is 25.0 Å². The van der Waals surface area contributed by atoms with Crippen LogP contribution >= 0.6 is 11.8 Å². The summed E-state index contributed by atoms with van der Waals surface area (Å²) in [7, 11) is 0. The lowest BCUT2D eigenvalue weighted by Gasteiger charge is -2.31. The van der Waals surface area contributed by atoms with Crippen LogP contribution in [0.15, 0.2) is 5.16 Å². The maximum atomic E-state index is 12.2. The lowest BCUT2D eigenvalue weighted by atomic mass is 9.75. The SMILES string of the molecule is C[C@@H](C(CC(C)(C)C)=NOCC(=O)NCCNC(=O)CCCCCNC(=O)CCCC[C@@H]1SC[C@@H]2NCN[C@@H]21)C(C)(C)C. The van der Waals surface area contributed by atoms with Crippen LogP contribution in [0.4, 0.5) is 0 Å². The molecule has 0 aromatic rings. The number of hydrogen-bond donors (Lipinski definition) is 5. The number of nitrogens with zero attached hydrogens (tertiary/aromatic N) is 1. The van der Waals surface area contributed by atoms with Gasteiger partial charge in [0.2, 0.25) is 11.8 Å². The number of hydrogen-bond acceptors (Lipinski definition) is 8. The second-order valence-corrected chi connectivity index (χ2v) is 15.6. The molecule has 0 aromatic carbocycles. The zero-order valence-corrected chi connectivity index (χ0v) is 28.7. The van der Waals surface area contributed by atoms with Crippen molar-refractivity contribution in [2.24, 2.45) is 21.9 Å². The molecule has 2 saturated heterocycles. The minimum absolute atomic E-state index is 0.0301. The fourth-order valence-electron chi connectivity index (χ4n) is 5.28. The Morgan fingerprint density at radius 3 is 2.14 bits per heavy atom. The minimum Gasteiger partial charge on any atom is -0.386 e. The van der Waals surface area contributed by atoms with Crippen LogP contribution in [0.1, 0.15) is 106 Å². The first-order valence-corrected chi connectivity index (χ1v) is 17.4. The Morgan fingerprint density at radius 1 is 0.860 bits per heavy atom. The van der Waals surface area contributed by atoms with Gasteiger partial charge in [-0.25, -0.2) is 0 Å². The predicted octanol–water partition coefficient (Wildman–Crippen LogP) is 3.95. The predicted molar refractivity (Wildman–Crippen MR) is 177 cm³/mol. The van der Waals surface area contributed by atoms with Crippen molar-refractivity contribution in [2.75, 3.05) is 38.7 Å². The first kappa shape index (κ1) is 37.3. The molecule has 4 atom stereocenters. The molecule has 10 nitrogen and oxygen atoms in total. The van der Waals surface area contributed by atoms with Gasteiger partial charge in [-0.15, -0.1) is 0 Å². The third kappa shape index (κ3) is 15.6. The fraction of sp³-hybridized carbons (Fsp3) is 0.875. The molecular formula is C32H60N6O4S. The number of fused-ring (bicyclic) bond motifs is 1. The van der Waals surface area contributed by atoms with Crippen LogP contribution in [0.3, 0.4) is 0 Å². The van der Waals surface area contributed by atoms with Crippen molar-refractivity contribution in [3.8, 4) is 0 Å². The van der Waals surface area contributed by atoms with E-state index >= 15 is 0 Å². The number of carbonyl (C=O) groups excluding carboxylic acids is 3. The number of amides is 3. The van der Waals surface area contributed by atoms with Gasteiger partial charge in [0.25, 0.3) is 5.91 Å². The lowest BCUT2D eigenvalue weighted by molar-refractivity contribution is -0.126. The second-order valence-electron chi connectivity index (χ2n) is 14.4. The number of thioether (sulfide) groups is 1. The molecule has 2 aliphatic rings. The maximum absolute atomic E-state index is 12.2. The summed E-state index contributed by atoms with van der Waals surface area (Å²) in [5.74, 6) is 1.24. The van der Waals surface area contributed by atoms with Crippen LogP contribution in [0, 0.1) is 16.7 Å². The van der Waals surface area contributed by atoms with Gasteiger partial charge in [0.1, 0.15) is 0 Å². The van der Waals surface area contributed by atoms with E-state index in [1.807, 2.05) is 11.8 Å². The second kappa shape index (κ2) is 18.8. The number of carbonyl (C=O) groups is 3. The molecule has 0 saturated carbocycles. The van der Waals surface area contributed by atoms with Crippen LogP contribution in [-0.4, -0.2) is 79.4 Å². The highest BCUT2D eigenvalue weighted by atomic mass is 32.2. The average molecular weight is 625 g/mol. The summed E-state index contributed by atoms with van der Waals surface area (Å²) < 4.78 is 0. The molecule has 0 bridgehead atoms. The van der Waals surface area contributed by atoms with E-state index in [1.165, 1.54) is 12.2 Å². The Labute approximate surface area is 264 Å². The van der Waals surface area contributed by atoms with Gasteiger partial charge in [-0.1, -0.05) is 66.5 Å². The monoisotopic (exact) mass is 624 g/mol. The van der Waals surface area contributed by atoms with Gasteiger partial charge in [0.15, 0.2) is 6.61 Å². The number of unbranched alkanes of at least 4 members (excludes halogenated alkanes) is 3. The molecule has 0 radical (unpaired) electrons. The highest BCUT2D eigenvalue weighted by Gasteiger charge is 2.38. The first-order valence-electron chi connectivity index (χ1n) is 16.3. The molecule has 3 amide bonds. The van der Waals surface area contributed by atoms with E-state index in [0.29, 0.717) is 49.8 Å². The minimum atomic E-state index is -0.261. The van der Waals surface area contributed by atoms with E-state index in [-0.39, 0.29) is 41.1 Å². The van der Waals surface area contributed by atoms with Gasteiger partial charge < -0.3 is 20.8 Å². The highest BCUT2D eigenvalue weighted by molar-refractivity contribution is 8.00. The average Bonchev–Trinajstić information content (AvgIpc) is 3.53. The molecule has 2 heterocycles. The van der Waals surface area contributed by atoms with E-state index in [4.69, 9.17) is 4.84 Å². The van der Waals surface area contributed by atoms with Crippen LogP contribution < -0.4 is 26.6 Å². The molecule has 0 unspecified atom stereocenters. The Kier molecular flexibility index (Phi) is 16.4. The van der Waals surface area contributed by atoms with Crippen LogP contribution in [0.25, 0.3) is 0 Å². The quantitative estimate of drug-likeness (QED) is 0.0835. The molecule has 248 valence electrons. The third-order valence-corrected chi connectivity index (χ3v) is 9.74. The maximum Gasteiger partial charge on any atom is 0.260 e. The number of nitrogens with one attached hydrogen (secondary N) is 5. The van der Waals surface area contributed by atoms with Crippen molar-refractivity contribution in [1.82, 2.24) is 26.6 Å². The van der Waals surface area contributed by atoms with E-state index in [9.17, 15) is 14.4 Å². The van der Waals surface area contributed by atoms with Crippen molar-refractivity contribution in [3.63, 3.8) is 0 Å². The summed E-state index contributed by atoms with van der Waals surface area (Å²) in [6, 6.07) is 1.20. The molecule has 2 aliphatic heterocycles. The van der Waals surface area contributed by atoms with Crippen molar-refractivity contribution in [3.05, 3.63) is 0 Å². The van der Waals surface area contributed by atoms with Crippen molar-refractivity contribution in [2.45, 2.75) is 124 Å². The summed E-state index contributed by atoms with van der Waals surface area (Å²) in [5, 5.41) is 20.6. The van der Waals surface area contributed by atoms with E-state index in [1.54, 1.807) is 0 Å². The number of rotatable bonds is 19. The smallest absolute Gasteiger partial charge is 0.260 e. The standard InChI is InChI=1S/C32H60N6O4S/c1-23(32(5,6)7)24(19-31(2,3)4)38-42-20-29(41)35-18-17-34-28(40)14-9-8-12-16-33-27(39)15-11-10-13-26-30-25(21-43-26)36-22-37-30/h23,25-26,30,36-37H,8-22H2,1-7H3,(H,33,39)(H,34,40)(H,35,41)/t23-,25-,26-,30-/m0/s1. The Bertz CT molecular complexity index is 901. The summed E-state index contributed by atoms with van der Waals surface area (Å²) >= 11 is 2.05. The first-order chi connectivity index (χ1) is 20.3. The molecular weight excluding hydrogens is 564 g/mol. The van der Waals surface area contributed by atoms with Gasteiger partial charge in [-0.05, 0) is 42.9 Å².